The van der Waals surface area contributed by atoms with Crippen molar-refractivity contribution in [2.24, 2.45) is 0 Å². The van der Waals surface area contributed by atoms with E-state index >= 15 is 0 Å². The van der Waals surface area contributed by atoms with Gasteiger partial charge in [0.15, 0.2) is 0 Å². The van der Waals surface area contributed by atoms with Crippen molar-refractivity contribution in [3.63, 3.8) is 0 Å². The number of thioether (sulfide) groups is 1. The van der Waals surface area contributed by atoms with Crippen molar-refractivity contribution in [3.8, 4) is 0 Å². The molecule has 4 saturated heterocycles. The molecule has 180 valence electrons. The van der Waals surface area contributed by atoms with Crippen LogP contribution in [-0.4, -0.2) is 85.5 Å². The standard InChI is InChI=1S/C22H30N4O5S2/c1-22-7-6-20(27)26(22)19(15-32-22)21(28)23-17-14-16(4-5-18(17)24-8-2-3-9-24)33(29,30)25-10-12-31-13-11-25/h4-5,14,19H,2-3,6-13,15H2,1H3,(H,23,28). The SMILES string of the molecule is CC12CCC(=O)N1C(C(=O)Nc1cc(S(=O)(=O)N3CCOCC3)ccc1N1CCCC1)CS2. The molecule has 0 bridgehead atoms. The van der Waals surface area contributed by atoms with Crippen LogP contribution < -0.4 is 10.2 Å². The van der Waals surface area contributed by atoms with Crippen LogP contribution >= 0.6 is 11.8 Å². The van der Waals surface area contributed by atoms with Gasteiger partial charge in [-0.25, -0.2) is 8.42 Å². The monoisotopic (exact) mass is 494 g/mol. The molecule has 4 fully saturated rings. The Hall–Kier alpha value is -1.82. The first-order valence-corrected chi connectivity index (χ1v) is 14.0. The molecule has 4 heterocycles. The van der Waals surface area contributed by atoms with Crippen LogP contribution in [0.2, 0.25) is 0 Å². The zero-order valence-corrected chi connectivity index (χ0v) is 20.4. The van der Waals surface area contributed by atoms with Crippen LogP contribution in [0.25, 0.3) is 0 Å². The van der Waals surface area contributed by atoms with Crippen molar-refractivity contribution in [1.82, 2.24) is 9.21 Å². The second-order valence-electron chi connectivity index (χ2n) is 9.14. The summed E-state index contributed by atoms with van der Waals surface area (Å²) in [5.41, 5.74) is 1.31. The highest BCUT2D eigenvalue weighted by molar-refractivity contribution is 8.01. The Morgan fingerprint density at radius 2 is 1.91 bits per heavy atom. The molecule has 2 amide bonds. The summed E-state index contributed by atoms with van der Waals surface area (Å²) in [6.07, 6.45) is 3.31. The van der Waals surface area contributed by atoms with Crippen molar-refractivity contribution in [3.05, 3.63) is 18.2 Å². The fraction of sp³-hybridized carbons (Fsp3) is 0.636. The minimum Gasteiger partial charge on any atom is -0.379 e. The number of fused-ring (bicyclic) bond motifs is 1. The molecular formula is C22H30N4O5S2. The van der Waals surface area contributed by atoms with Crippen LogP contribution in [0.4, 0.5) is 11.4 Å². The van der Waals surface area contributed by atoms with Gasteiger partial charge in [-0.05, 0) is 44.4 Å². The Bertz CT molecular complexity index is 1050. The quantitative estimate of drug-likeness (QED) is 0.665. The molecular weight excluding hydrogens is 464 g/mol. The summed E-state index contributed by atoms with van der Waals surface area (Å²) in [5, 5.41) is 3.00. The number of hydrogen-bond donors (Lipinski definition) is 1. The first-order chi connectivity index (χ1) is 15.8. The maximum Gasteiger partial charge on any atom is 0.248 e. The molecule has 11 heteroatoms. The first kappa shape index (κ1) is 22.9. The first-order valence-electron chi connectivity index (χ1n) is 11.5. The van der Waals surface area contributed by atoms with Gasteiger partial charge in [-0.15, -0.1) is 11.8 Å². The molecule has 4 aliphatic rings. The maximum absolute atomic E-state index is 13.4. The highest BCUT2D eigenvalue weighted by Crippen LogP contribution is 2.47. The molecule has 5 rings (SSSR count). The van der Waals surface area contributed by atoms with Gasteiger partial charge in [0.1, 0.15) is 6.04 Å². The van der Waals surface area contributed by atoms with E-state index in [0.717, 1.165) is 38.0 Å². The van der Waals surface area contributed by atoms with E-state index in [4.69, 9.17) is 4.74 Å². The van der Waals surface area contributed by atoms with E-state index in [2.05, 4.69) is 10.2 Å². The Kier molecular flexibility index (Phi) is 6.09. The third-order valence-corrected chi connectivity index (χ3v) is 10.4. The third-order valence-electron chi connectivity index (χ3n) is 7.03. The lowest BCUT2D eigenvalue weighted by Crippen LogP contribution is -2.48. The molecule has 0 aromatic heterocycles. The normalized spacial score (nSPS) is 28.4. The molecule has 1 aromatic carbocycles. The van der Waals surface area contributed by atoms with Crippen molar-refractivity contribution in [1.29, 1.82) is 0 Å². The molecule has 33 heavy (non-hydrogen) atoms. The number of nitrogens with zero attached hydrogens (tertiary/aromatic N) is 3. The zero-order chi connectivity index (χ0) is 23.2. The third kappa shape index (κ3) is 4.13. The fourth-order valence-corrected chi connectivity index (χ4v) is 8.04. The molecule has 2 unspecified atom stereocenters. The Morgan fingerprint density at radius 1 is 1.18 bits per heavy atom. The lowest BCUT2D eigenvalue weighted by molar-refractivity contribution is -0.135. The van der Waals surface area contributed by atoms with Crippen molar-refractivity contribution in [2.75, 3.05) is 55.4 Å². The predicted molar refractivity (Wildman–Crippen MR) is 127 cm³/mol. The second kappa shape index (κ2) is 8.75. The van der Waals surface area contributed by atoms with E-state index in [1.54, 1.807) is 34.9 Å². The topological polar surface area (TPSA) is 99.3 Å². The van der Waals surface area contributed by atoms with Gasteiger partial charge in [0.2, 0.25) is 21.8 Å². The van der Waals surface area contributed by atoms with Gasteiger partial charge in [0.05, 0.1) is 34.4 Å². The van der Waals surface area contributed by atoms with Crippen LogP contribution in [0.1, 0.15) is 32.6 Å². The number of nitrogens with one attached hydrogen (secondary N) is 1. The molecule has 1 aromatic rings. The molecule has 4 aliphatic heterocycles. The number of carbonyl (C=O) groups is 2. The van der Waals surface area contributed by atoms with Crippen molar-refractivity contribution in [2.45, 2.75) is 48.4 Å². The van der Waals surface area contributed by atoms with Crippen LogP contribution in [0.5, 0.6) is 0 Å². The number of benzene rings is 1. The number of amides is 2. The van der Waals surface area contributed by atoms with Gasteiger partial charge in [-0.2, -0.15) is 4.31 Å². The number of sulfonamides is 1. The number of morpholine rings is 1. The number of ether oxygens (including phenoxy) is 1. The molecule has 0 radical (unpaired) electrons. The summed E-state index contributed by atoms with van der Waals surface area (Å²) in [5.74, 6) is 0.285. The molecule has 0 saturated carbocycles. The molecule has 9 nitrogen and oxygen atoms in total. The van der Waals surface area contributed by atoms with Crippen LogP contribution in [0, 0.1) is 0 Å². The van der Waals surface area contributed by atoms with Crippen LogP contribution in [0.15, 0.2) is 23.1 Å². The smallest absolute Gasteiger partial charge is 0.248 e. The summed E-state index contributed by atoms with van der Waals surface area (Å²) in [7, 11) is -3.70. The number of hydrogen-bond acceptors (Lipinski definition) is 7. The molecule has 0 spiro atoms. The van der Waals surface area contributed by atoms with E-state index < -0.39 is 16.1 Å². The van der Waals surface area contributed by atoms with E-state index in [9.17, 15) is 18.0 Å². The number of anilines is 2. The van der Waals surface area contributed by atoms with Gasteiger partial charge in [-0.1, -0.05) is 0 Å². The molecule has 2 atom stereocenters. The van der Waals surface area contributed by atoms with Gasteiger partial charge >= 0.3 is 0 Å². The van der Waals surface area contributed by atoms with Crippen molar-refractivity contribution < 1.29 is 22.7 Å². The molecule has 1 N–H and O–H groups in total. The largest absolute Gasteiger partial charge is 0.379 e. The lowest BCUT2D eigenvalue weighted by Gasteiger charge is -2.30. The average Bonchev–Trinajstić information content (AvgIpc) is 3.52. The number of rotatable bonds is 5. The van der Waals surface area contributed by atoms with Crippen molar-refractivity contribution >= 4 is 45.0 Å². The van der Waals surface area contributed by atoms with E-state index in [1.807, 2.05) is 6.92 Å². The number of carbonyl (C=O) groups excluding carboxylic acids is 2. The summed E-state index contributed by atoms with van der Waals surface area (Å²) >= 11 is 1.64. The highest BCUT2D eigenvalue weighted by Gasteiger charge is 2.53. The summed E-state index contributed by atoms with van der Waals surface area (Å²) in [6, 6.07) is 4.44. The lowest BCUT2D eigenvalue weighted by atomic mass is 10.2. The molecule has 0 aliphatic carbocycles. The minimum atomic E-state index is -3.70. The van der Waals surface area contributed by atoms with E-state index in [1.165, 1.54) is 4.31 Å². The Morgan fingerprint density at radius 3 is 2.64 bits per heavy atom. The Labute approximate surface area is 198 Å². The second-order valence-corrected chi connectivity index (χ2v) is 12.6. The minimum absolute atomic E-state index is 0.00561. The van der Waals surface area contributed by atoms with Gasteiger partial charge < -0.3 is 19.9 Å². The predicted octanol–water partition coefficient (Wildman–Crippen LogP) is 1.70. The fourth-order valence-electron chi connectivity index (χ4n) is 5.18. The Balaban J connectivity index is 1.45. The summed E-state index contributed by atoms with van der Waals surface area (Å²) in [6.45, 7) is 5.11. The zero-order valence-electron chi connectivity index (χ0n) is 18.8. The summed E-state index contributed by atoms with van der Waals surface area (Å²) in [4.78, 5) is 29.6. The summed E-state index contributed by atoms with van der Waals surface area (Å²) < 4.78 is 33.2. The highest BCUT2D eigenvalue weighted by atomic mass is 32.2. The maximum atomic E-state index is 13.4. The van der Waals surface area contributed by atoms with E-state index in [0.29, 0.717) is 44.2 Å². The average molecular weight is 495 g/mol. The van der Waals surface area contributed by atoms with Gasteiger partial charge in [-0.3, -0.25) is 9.59 Å². The van der Waals surface area contributed by atoms with Gasteiger partial charge in [0.25, 0.3) is 0 Å². The van der Waals surface area contributed by atoms with Gasteiger partial charge in [0, 0.05) is 38.4 Å². The van der Waals surface area contributed by atoms with Crippen LogP contribution in [-0.2, 0) is 24.3 Å². The van der Waals surface area contributed by atoms with E-state index in [-0.39, 0.29) is 21.6 Å². The van der Waals surface area contributed by atoms with Crippen LogP contribution in [0.3, 0.4) is 0 Å².